The van der Waals surface area contributed by atoms with Crippen LogP contribution >= 0.6 is 15.9 Å². The van der Waals surface area contributed by atoms with E-state index in [1.165, 1.54) is 51.8 Å². The van der Waals surface area contributed by atoms with Crippen LogP contribution in [0.5, 0.6) is 0 Å². The summed E-state index contributed by atoms with van der Waals surface area (Å²) in [5.74, 6) is 4.09. The van der Waals surface area contributed by atoms with Gasteiger partial charge in [0, 0.05) is 35.7 Å². The van der Waals surface area contributed by atoms with Crippen molar-refractivity contribution in [1.29, 1.82) is 0 Å². The van der Waals surface area contributed by atoms with Crippen LogP contribution in [0.2, 0.25) is 52.6 Å². The van der Waals surface area contributed by atoms with Gasteiger partial charge in [0.2, 0.25) is 0 Å². The summed E-state index contributed by atoms with van der Waals surface area (Å²) in [4.78, 5) is 38.1. The first-order valence-electron chi connectivity index (χ1n) is 26.7. The number of para-hydroxylation sites is 3. The third-order valence-corrected chi connectivity index (χ3v) is 27.0. The average Bonchev–Trinajstić information content (AvgIpc) is 3.42. The summed E-state index contributed by atoms with van der Waals surface area (Å²) in [6.45, 7) is 35.9. The summed E-state index contributed by atoms with van der Waals surface area (Å²) in [7, 11) is -2.21. The Balaban J connectivity index is 0.000000961. The molecule has 0 saturated carbocycles. The number of benzene rings is 3. The van der Waals surface area contributed by atoms with Gasteiger partial charge in [0.05, 0.1) is 33.8 Å². The van der Waals surface area contributed by atoms with Gasteiger partial charge in [0.25, 0.3) is 0 Å². The van der Waals surface area contributed by atoms with Gasteiger partial charge in [-0.15, -0.1) is 23.8 Å². The van der Waals surface area contributed by atoms with Crippen molar-refractivity contribution >= 4 is 85.4 Å². The Kier molecular flexibility index (Phi) is 36.5. The average molecular weight is 1270 g/mol. The van der Waals surface area contributed by atoms with Crippen LogP contribution in [-0.4, -0.2) is 73.6 Å². The molecule has 0 unspecified atom stereocenters. The predicted octanol–water partition coefficient (Wildman–Crippen LogP) is 17.4. The number of rotatable bonds is 15. The summed E-state index contributed by atoms with van der Waals surface area (Å²) >= 11 is 0.808. The van der Waals surface area contributed by atoms with Gasteiger partial charge in [-0.3, -0.25) is 0 Å². The maximum absolute atomic E-state index is 11.0. The van der Waals surface area contributed by atoms with E-state index in [2.05, 4.69) is 129 Å². The zero-order chi connectivity index (χ0) is 60.0. The van der Waals surface area contributed by atoms with E-state index in [0.717, 1.165) is 17.1 Å². The van der Waals surface area contributed by atoms with Crippen LogP contribution in [0.3, 0.4) is 0 Å². The third-order valence-electron chi connectivity index (χ3n) is 11.3. The van der Waals surface area contributed by atoms with Gasteiger partial charge in [0.15, 0.2) is 0 Å². The van der Waals surface area contributed by atoms with Crippen molar-refractivity contribution in [3.05, 3.63) is 200 Å². The summed E-state index contributed by atoms with van der Waals surface area (Å²) < 4.78 is 8.59. The Morgan fingerprint density at radius 1 is 0.519 bits per heavy atom. The fraction of sp³-hybridized carbons (Fsp3) is 0.318. The first-order chi connectivity index (χ1) is 37.5. The van der Waals surface area contributed by atoms with E-state index in [9.17, 15) is 14.4 Å². The van der Waals surface area contributed by atoms with Crippen LogP contribution in [0.15, 0.2) is 200 Å². The molecule has 79 heavy (non-hydrogen) atoms. The molecule has 3 N–H and O–H groups in total. The maximum atomic E-state index is 11.0. The van der Waals surface area contributed by atoms with Crippen molar-refractivity contribution in [3.8, 4) is 33.3 Å². The SMILES string of the molecule is C#CC.C=C1C(C(=O)O)=CC=CN1c1ccccc1.C=C1C(C(=O)O)=CC=CN1c1ccccc1.C=C1C(C(=O)O)=CC=CN1c1ccccc1.CBr.CC#C[Si](C)(C)C.CCC[CH2][Sn]([C]#C[Si](C)(C)C)([CH2]CCC)[CH2]CCC. The van der Waals surface area contributed by atoms with Gasteiger partial charge in [-0.05, 0) is 92.5 Å². The Labute approximate surface area is 490 Å². The molecule has 0 aliphatic carbocycles. The Morgan fingerprint density at radius 2 is 0.772 bits per heavy atom. The molecule has 0 atom stereocenters. The minimum atomic E-state index is -2.13. The van der Waals surface area contributed by atoms with Crippen molar-refractivity contribution < 1.29 is 29.7 Å². The van der Waals surface area contributed by atoms with Gasteiger partial charge < -0.3 is 30.0 Å². The van der Waals surface area contributed by atoms with Gasteiger partial charge in [0.1, 0.15) is 8.07 Å². The minimum absolute atomic E-state index is 0.214. The molecular weight excluding hydrogens is 1190 g/mol. The molecule has 13 heteroatoms. The molecule has 0 fully saturated rings. The molecule has 9 nitrogen and oxygen atoms in total. The number of aliphatic carboxylic acids is 3. The van der Waals surface area contributed by atoms with Crippen molar-refractivity contribution in [2.45, 2.75) is 126 Å². The summed E-state index contributed by atoms with van der Waals surface area (Å²) in [5, 5.41) is 27.0. The van der Waals surface area contributed by atoms with Gasteiger partial charge in [-0.1, -0.05) is 110 Å². The quantitative estimate of drug-likeness (QED) is 0.0776. The van der Waals surface area contributed by atoms with E-state index >= 15 is 0 Å². The van der Waals surface area contributed by atoms with E-state index < -0.39 is 52.4 Å². The molecule has 0 saturated heterocycles. The summed E-state index contributed by atoms with van der Waals surface area (Å²) in [6.07, 6.45) is 28.1. The van der Waals surface area contributed by atoms with E-state index in [0.29, 0.717) is 17.1 Å². The second-order valence-corrected chi connectivity index (χ2v) is 41.9. The number of nitrogens with zero attached hydrogens (tertiary/aromatic N) is 3. The van der Waals surface area contributed by atoms with Gasteiger partial charge in [-0.25, -0.2) is 14.4 Å². The molecule has 3 heterocycles. The van der Waals surface area contributed by atoms with Gasteiger partial charge in [-0.2, -0.15) is 0 Å². The Morgan fingerprint density at radius 3 is 0.962 bits per heavy atom. The second-order valence-electron chi connectivity index (χ2n) is 20.1. The predicted molar refractivity (Wildman–Crippen MR) is 351 cm³/mol. The standard InChI is InChI=1S/3C13H11NO2.C6H12Si.C5H9Si.3C4H9.C3H4.CH3Br.Sn/c3*1-10-12(13(15)16)8-5-9-14(10)11-6-3-2-4-7-11;1-5-6-7(2,3)4;1-5-6(2,3)4;3*1-3-4-2;1-3-2;1-2;/h3*2-9H,1H2,(H,15,16);1-4H3;2-4H3;3*1,3-4H2,2H3;1H,2H3;1H3;. The zero-order valence-corrected chi connectivity index (χ0v) is 55.6. The van der Waals surface area contributed by atoms with Crippen LogP contribution < -0.4 is 14.7 Å². The number of unbranched alkanes of at least 4 members (excludes halogenated alkanes) is 3. The first kappa shape index (κ1) is 72.5. The van der Waals surface area contributed by atoms with Crippen molar-refractivity contribution in [1.82, 2.24) is 0 Å². The number of alkyl halides is 1. The number of anilines is 3. The number of hydrogen-bond acceptors (Lipinski definition) is 6. The van der Waals surface area contributed by atoms with Crippen LogP contribution in [-0.2, 0) is 14.4 Å². The number of carbonyl (C=O) groups is 3. The molecule has 0 aromatic heterocycles. The molecule has 6 rings (SSSR count). The molecular formula is C66H88BrN3O6Si2Sn. The molecule has 0 bridgehead atoms. The zero-order valence-electron chi connectivity index (χ0n) is 49.2. The van der Waals surface area contributed by atoms with E-state index in [4.69, 9.17) is 15.3 Å². The number of carboxylic acid groups (broad SMARTS) is 3. The van der Waals surface area contributed by atoms with Crippen molar-refractivity contribution in [3.63, 3.8) is 0 Å². The third kappa shape index (κ3) is 28.8. The van der Waals surface area contributed by atoms with Crippen LogP contribution in [0, 0.1) is 33.3 Å². The fourth-order valence-electron chi connectivity index (χ4n) is 7.50. The number of terminal acetylenes is 1. The topological polar surface area (TPSA) is 122 Å². The van der Waals surface area contributed by atoms with Gasteiger partial charge >= 0.3 is 146 Å². The molecule has 3 aromatic rings. The Bertz CT molecular complexity index is 2530. The van der Waals surface area contributed by atoms with Crippen LogP contribution in [0.25, 0.3) is 0 Å². The molecule has 0 radical (unpaired) electrons. The first-order valence-corrected chi connectivity index (χ1v) is 42.7. The monoisotopic (exact) mass is 1270 g/mol. The number of allylic oxidation sites excluding steroid dienone is 6. The second kappa shape index (κ2) is 39.8. The molecule has 3 aliphatic rings. The fourth-order valence-corrected chi connectivity index (χ4v) is 26.4. The Hall–Kier alpha value is -6.48. The molecule has 0 amide bonds. The summed E-state index contributed by atoms with van der Waals surface area (Å²) in [5.41, 5.74) is 11.7. The van der Waals surface area contributed by atoms with Crippen LogP contribution in [0.4, 0.5) is 17.1 Å². The van der Waals surface area contributed by atoms with Crippen LogP contribution in [0.1, 0.15) is 73.1 Å². The molecule has 422 valence electrons. The molecule has 3 aromatic carbocycles. The molecule has 3 aliphatic heterocycles. The molecule has 0 spiro atoms. The number of halogens is 1. The van der Waals surface area contributed by atoms with E-state index in [1.54, 1.807) is 76.7 Å². The van der Waals surface area contributed by atoms with Crippen molar-refractivity contribution in [2.24, 2.45) is 0 Å². The van der Waals surface area contributed by atoms with E-state index in [-0.39, 0.29) is 16.7 Å². The van der Waals surface area contributed by atoms with E-state index in [1.807, 2.05) is 104 Å². The number of carboxylic acids is 3. The summed E-state index contributed by atoms with van der Waals surface area (Å²) in [6, 6.07) is 28.5. The van der Waals surface area contributed by atoms with Crippen molar-refractivity contribution in [2.75, 3.05) is 20.5 Å². The normalized spacial score (nSPS) is 13.0. The number of hydrogen-bond donors (Lipinski definition) is 3.